The molecule has 12 N–H and O–H groups in total. The first-order valence-corrected chi connectivity index (χ1v) is 19.7. The van der Waals surface area contributed by atoms with Gasteiger partial charge < -0.3 is 62.1 Å². The zero-order valence-corrected chi connectivity index (χ0v) is 31.3. The molecule has 0 aromatic rings. The van der Waals surface area contributed by atoms with Crippen LogP contribution in [0.25, 0.3) is 0 Å². The third kappa shape index (κ3) is 15.1. The van der Waals surface area contributed by atoms with Crippen LogP contribution in [-0.2, 0) is 33.5 Å². The number of hydrogen-bond donors (Lipinski definition) is 9. The van der Waals surface area contributed by atoms with E-state index in [-0.39, 0.29) is 25.8 Å². The molecule has 17 heteroatoms. The highest BCUT2D eigenvalue weighted by molar-refractivity contribution is 7.80. The second kappa shape index (κ2) is 22.9. The Labute approximate surface area is 299 Å². The fourth-order valence-corrected chi connectivity index (χ4v) is 6.94. The molecule has 0 spiro atoms. The molecular formula is C33H67N5O11S. The van der Waals surface area contributed by atoms with E-state index in [1.807, 2.05) is 13.0 Å². The highest BCUT2D eigenvalue weighted by Crippen LogP contribution is 2.32. The number of unbranched alkanes of at least 4 members (excludes halogenated alkanes) is 9. The standard InChI is InChI=1S/C21H41N5O7.C12H26O4S/c1-4-26-13-7-12(24)16(32-19-11(23)6-5-10(8-22)31-19)14(27)17(13)33-20-15(28)18(25-3)21(2,29)9-30-20;1-2-3-4-5-6-7-8-9-10-11-12-16-17(13,14)15/h5,11-20,25-29H,4,6-9,22-24H2,1-3H3;2-12H2,1H3,(H,13,14,15)/t11?,12-,13+,14-,15+,16+,17-,18+,19?,20+,21-;/m0./s1. The van der Waals surface area contributed by atoms with Crippen LogP contribution in [0.5, 0.6) is 0 Å². The SMILES string of the molecule is CCCCCCCCCCCCOS(=O)(=O)O.CCN[C@@H]1C[C@H](N)[C@@H](OC2OC(CN)=CCC2N)[C@H](O)[C@H]1O[C@H]1OC[C@](C)(O)[C@H](NC)[C@H]1O. The van der Waals surface area contributed by atoms with Gasteiger partial charge in [-0.25, -0.2) is 4.18 Å². The van der Waals surface area contributed by atoms with Crippen molar-refractivity contribution in [3.63, 3.8) is 0 Å². The van der Waals surface area contributed by atoms with Crippen molar-refractivity contribution in [1.29, 1.82) is 0 Å². The number of hydrogen-bond acceptors (Lipinski definition) is 15. The highest BCUT2D eigenvalue weighted by atomic mass is 32.3. The summed E-state index contributed by atoms with van der Waals surface area (Å²) in [5, 5.41) is 38.8. The van der Waals surface area contributed by atoms with Gasteiger partial charge >= 0.3 is 10.4 Å². The Bertz CT molecular complexity index is 1070. The molecule has 0 radical (unpaired) electrons. The molecular weight excluding hydrogens is 674 g/mol. The molecule has 1 aliphatic carbocycles. The Morgan fingerprint density at radius 1 is 0.940 bits per heavy atom. The number of likely N-dealkylation sites (N-methyl/N-ethyl adjacent to an activating group) is 2. The molecule has 0 aromatic carbocycles. The predicted octanol–water partition coefficient (Wildman–Crippen LogP) is 0.526. The fourth-order valence-electron chi connectivity index (χ4n) is 6.61. The third-order valence-electron chi connectivity index (χ3n) is 9.37. The fraction of sp³-hybridized carbons (Fsp3) is 0.939. The summed E-state index contributed by atoms with van der Waals surface area (Å²) in [5.74, 6) is 0.572. The van der Waals surface area contributed by atoms with E-state index < -0.39 is 71.1 Å². The smallest absolute Gasteiger partial charge is 0.397 e. The Morgan fingerprint density at radius 2 is 1.54 bits per heavy atom. The van der Waals surface area contributed by atoms with E-state index in [4.69, 9.17) is 40.7 Å². The zero-order valence-electron chi connectivity index (χ0n) is 30.5. The lowest BCUT2D eigenvalue weighted by Gasteiger charge is -2.49. The van der Waals surface area contributed by atoms with Crippen LogP contribution in [0.1, 0.15) is 97.8 Å². The molecule has 0 amide bonds. The van der Waals surface area contributed by atoms with Crippen LogP contribution in [0.2, 0.25) is 0 Å². The molecule has 1 saturated carbocycles. The number of aliphatic hydroxyl groups is 3. The van der Waals surface area contributed by atoms with Crippen molar-refractivity contribution in [3.8, 4) is 0 Å². The normalized spacial score (nSPS) is 34.7. The summed E-state index contributed by atoms with van der Waals surface area (Å²) in [5.41, 5.74) is 16.9. The van der Waals surface area contributed by atoms with Gasteiger partial charge in [-0.3, -0.25) is 4.55 Å². The molecule has 50 heavy (non-hydrogen) atoms. The minimum Gasteiger partial charge on any atom is -0.467 e. The lowest BCUT2D eigenvalue weighted by molar-refractivity contribution is -0.304. The number of nitrogens with one attached hydrogen (secondary N) is 2. The number of aliphatic hydroxyl groups excluding tert-OH is 2. The van der Waals surface area contributed by atoms with E-state index in [9.17, 15) is 23.7 Å². The van der Waals surface area contributed by atoms with Crippen LogP contribution < -0.4 is 27.8 Å². The van der Waals surface area contributed by atoms with Crippen molar-refractivity contribution >= 4 is 10.4 Å². The lowest BCUT2D eigenvalue weighted by atomic mass is 9.83. The second-order valence-electron chi connectivity index (χ2n) is 13.7. The van der Waals surface area contributed by atoms with Gasteiger partial charge in [0.1, 0.15) is 35.8 Å². The first-order valence-electron chi connectivity index (χ1n) is 18.3. The summed E-state index contributed by atoms with van der Waals surface area (Å²) >= 11 is 0. The molecule has 3 rings (SSSR count). The lowest BCUT2D eigenvalue weighted by Crippen LogP contribution is -2.69. The van der Waals surface area contributed by atoms with Crippen LogP contribution in [0.15, 0.2) is 11.8 Å². The molecule has 0 bridgehead atoms. The molecule has 2 unspecified atom stereocenters. The van der Waals surface area contributed by atoms with Gasteiger partial charge in [0.2, 0.25) is 6.29 Å². The van der Waals surface area contributed by atoms with Crippen LogP contribution in [0.4, 0.5) is 0 Å². The Kier molecular flexibility index (Phi) is 20.7. The van der Waals surface area contributed by atoms with Crippen molar-refractivity contribution in [2.75, 3.05) is 33.4 Å². The average molecular weight is 742 g/mol. The van der Waals surface area contributed by atoms with Gasteiger partial charge in [0.25, 0.3) is 0 Å². The monoisotopic (exact) mass is 741 g/mol. The molecule has 296 valence electrons. The van der Waals surface area contributed by atoms with Crippen molar-refractivity contribution < 1.29 is 51.4 Å². The molecule has 0 aromatic heterocycles. The third-order valence-corrected chi connectivity index (χ3v) is 9.84. The number of ether oxygens (including phenoxy) is 4. The van der Waals surface area contributed by atoms with E-state index in [1.54, 1.807) is 14.0 Å². The van der Waals surface area contributed by atoms with Gasteiger partial charge in [0.05, 0.1) is 31.8 Å². The van der Waals surface area contributed by atoms with Gasteiger partial charge in [-0.05, 0) is 45.9 Å². The van der Waals surface area contributed by atoms with E-state index in [0.717, 1.165) is 12.8 Å². The van der Waals surface area contributed by atoms with Crippen molar-refractivity contribution in [1.82, 2.24) is 10.6 Å². The summed E-state index contributed by atoms with van der Waals surface area (Å²) < 4.78 is 56.5. The second-order valence-corrected chi connectivity index (χ2v) is 14.8. The van der Waals surface area contributed by atoms with Gasteiger partial charge in [0, 0.05) is 12.1 Å². The predicted molar refractivity (Wildman–Crippen MR) is 189 cm³/mol. The van der Waals surface area contributed by atoms with Crippen LogP contribution >= 0.6 is 0 Å². The van der Waals surface area contributed by atoms with Crippen LogP contribution in [0.3, 0.4) is 0 Å². The topological polar surface area (TPSA) is 263 Å². The van der Waals surface area contributed by atoms with Gasteiger partial charge in [-0.2, -0.15) is 8.42 Å². The van der Waals surface area contributed by atoms with Gasteiger partial charge in [-0.1, -0.05) is 71.6 Å². The molecule has 2 heterocycles. The number of nitrogens with two attached hydrogens (primary N) is 3. The van der Waals surface area contributed by atoms with E-state index in [1.165, 1.54) is 44.9 Å². The minimum atomic E-state index is -4.23. The number of rotatable bonds is 20. The van der Waals surface area contributed by atoms with Crippen molar-refractivity contribution in [2.24, 2.45) is 17.2 Å². The molecule has 2 fully saturated rings. The van der Waals surface area contributed by atoms with Crippen LogP contribution in [-0.4, -0.2) is 128 Å². The zero-order chi connectivity index (χ0) is 37.3. The molecule has 1 saturated heterocycles. The largest absolute Gasteiger partial charge is 0.467 e. The maximum Gasteiger partial charge on any atom is 0.397 e. The van der Waals surface area contributed by atoms with E-state index in [2.05, 4.69) is 21.7 Å². The summed E-state index contributed by atoms with van der Waals surface area (Å²) in [6, 6.07) is -1.95. The van der Waals surface area contributed by atoms with E-state index in [0.29, 0.717) is 31.6 Å². The molecule has 11 atom stereocenters. The molecule has 3 aliphatic rings. The first kappa shape index (κ1) is 45.1. The summed E-state index contributed by atoms with van der Waals surface area (Å²) in [6.07, 6.45) is 8.80. The summed E-state index contributed by atoms with van der Waals surface area (Å²) in [4.78, 5) is 0. The maximum atomic E-state index is 11.3. The highest BCUT2D eigenvalue weighted by Gasteiger charge is 2.51. The Hall–Kier alpha value is -1.03. The van der Waals surface area contributed by atoms with Gasteiger partial charge in [0.15, 0.2) is 6.29 Å². The van der Waals surface area contributed by atoms with Gasteiger partial charge in [-0.15, -0.1) is 0 Å². The van der Waals surface area contributed by atoms with Crippen LogP contribution in [0, 0.1) is 0 Å². The average Bonchev–Trinajstić information content (AvgIpc) is 3.05. The van der Waals surface area contributed by atoms with Crippen molar-refractivity contribution in [2.45, 2.75) is 165 Å². The maximum absolute atomic E-state index is 11.3. The Balaban J connectivity index is 0.000000432. The minimum absolute atomic E-state index is 0.0483. The van der Waals surface area contributed by atoms with E-state index >= 15 is 0 Å². The Morgan fingerprint density at radius 3 is 2.10 bits per heavy atom. The summed E-state index contributed by atoms with van der Waals surface area (Å²) in [6.45, 7) is 6.61. The molecule has 2 aliphatic heterocycles. The van der Waals surface area contributed by atoms with Crippen molar-refractivity contribution in [3.05, 3.63) is 11.8 Å². The quantitative estimate of drug-likeness (QED) is 0.0609. The molecule has 16 nitrogen and oxygen atoms in total. The summed E-state index contributed by atoms with van der Waals surface area (Å²) in [7, 11) is -2.59. The first-order chi connectivity index (χ1) is 23.7.